The Bertz CT molecular complexity index is 876. The van der Waals surface area contributed by atoms with Crippen LogP contribution < -0.4 is 9.80 Å². The normalized spacial score (nSPS) is 16.2. The standard InChI is InChI=1S/C18H20N6O/c1-13(25)18-19-7-6-16(22-18)23-8-10-24(11-9-23)17-12-20-14-4-2-3-5-15(14)21-17/h2-7,12-13,25H,8-11H2,1H3/t13-/m1/s1. The smallest absolute Gasteiger partial charge is 0.158 e. The maximum absolute atomic E-state index is 9.66. The molecule has 3 aromatic rings. The van der Waals surface area contributed by atoms with Gasteiger partial charge in [-0.3, -0.25) is 4.98 Å². The third-order valence-corrected chi connectivity index (χ3v) is 4.40. The summed E-state index contributed by atoms with van der Waals surface area (Å²) in [4.78, 5) is 22.2. The van der Waals surface area contributed by atoms with Gasteiger partial charge in [0, 0.05) is 32.4 Å². The fourth-order valence-corrected chi connectivity index (χ4v) is 3.01. The Morgan fingerprint density at radius 1 is 0.880 bits per heavy atom. The second-order valence-corrected chi connectivity index (χ2v) is 6.14. The van der Waals surface area contributed by atoms with Gasteiger partial charge < -0.3 is 14.9 Å². The van der Waals surface area contributed by atoms with Gasteiger partial charge in [0.1, 0.15) is 17.7 Å². The van der Waals surface area contributed by atoms with E-state index in [-0.39, 0.29) is 0 Å². The van der Waals surface area contributed by atoms with Crippen molar-refractivity contribution in [3.8, 4) is 0 Å². The van der Waals surface area contributed by atoms with Gasteiger partial charge in [0.2, 0.25) is 0 Å². The highest BCUT2D eigenvalue weighted by Gasteiger charge is 2.20. The fourth-order valence-electron chi connectivity index (χ4n) is 3.01. The SMILES string of the molecule is C[C@@H](O)c1nccc(N2CCN(c3cnc4ccccc4n3)CC2)n1. The fraction of sp³-hybridized carbons (Fsp3) is 0.333. The first-order valence-corrected chi connectivity index (χ1v) is 8.43. The Kier molecular flexibility index (Phi) is 4.15. The highest BCUT2D eigenvalue weighted by Crippen LogP contribution is 2.20. The molecule has 1 aromatic carbocycles. The molecule has 1 N–H and O–H groups in total. The molecule has 7 heteroatoms. The molecule has 0 bridgehead atoms. The molecule has 0 unspecified atom stereocenters. The number of nitrogens with zero attached hydrogens (tertiary/aromatic N) is 6. The van der Waals surface area contributed by atoms with Crippen LogP contribution in [-0.2, 0) is 0 Å². The summed E-state index contributed by atoms with van der Waals surface area (Å²) in [5.74, 6) is 2.22. The molecule has 7 nitrogen and oxygen atoms in total. The predicted molar refractivity (Wildman–Crippen MR) is 96.6 cm³/mol. The molecule has 0 amide bonds. The van der Waals surface area contributed by atoms with Gasteiger partial charge in [0.25, 0.3) is 0 Å². The van der Waals surface area contributed by atoms with E-state index >= 15 is 0 Å². The lowest BCUT2D eigenvalue weighted by atomic mass is 10.3. The summed E-state index contributed by atoms with van der Waals surface area (Å²) in [6.07, 6.45) is 2.88. The van der Waals surface area contributed by atoms with Crippen LogP contribution in [0.15, 0.2) is 42.7 Å². The van der Waals surface area contributed by atoms with E-state index in [1.54, 1.807) is 13.1 Å². The lowest BCUT2D eigenvalue weighted by Crippen LogP contribution is -2.47. The van der Waals surface area contributed by atoms with Gasteiger partial charge in [-0.1, -0.05) is 12.1 Å². The number of aromatic nitrogens is 4. The molecule has 1 fully saturated rings. The lowest BCUT2D eigenvalue weighted by Gasteiger charge is -2.36. The largest absolute Gasteiger partial charge is 0.385 e. The summed E-state index contributed by atoms with van der Waals surface area (Å²) >= 11 is 0. The second-order valence-electron chi connectivity index (χ2n) is 6.14. The minimum absolute atomic E-state index is 0.459. The second kappa shape index (κ2) is 6.60. The minimum atomic E-state index is -0.658. The van der Waals surface area contributed by atoms with Crippen LogP contribution in [0.5, 0.6) is 0 Å². The number of anilines is 2. The van der Waals surface area contributed by atoms with Crippen molar-refractivity contribution in [1.82, 2.24) is 19.9 Å². The number of hydrogen-bond donors (Lipinski definition) is 1. The molecule has 2 aromatic heterocycles. The maximum Gasteiger partial charge on any atom is 0.158 e. The van der Waals surface area contributed by atoms with Gasteiger partial charge >= 0.3 is 0 Å². The van der Waals surface area contributed by atoms with Gasteiger partial charge in [0.05, 0.1) is 17.2 Å². The summed E-state index contributed by atoms with van der Waals surface area (Å²) in [6, 6.07) is 9.79. The van der Waals surface area contributed by atoms with E-state index in [4.69, 9.17) is 4.98 Å². The van der Waals surface area contributed by atoms with Crippen LogP contribution in [0.3, 0.4) is 0 Å². The van der Waals surface area contributed by atoms with Crippen molar-refractivity contribution in [1.29, 1.82) is 0 Å². The molecule has 0 radical (unpaired) electrons. The Hall–Kier alpha value is -2.80. The summed E-state index contributed by atoms with van der Waals surface area (Å²) in [5, 5.41) is 9.66. The summed E-state index contributed by atoms with van der Waals surface area (Å²) in [6.45, 7) is 5.05. The number of rotatable bonds is 3. The van der Waals surface area contributed by atoms with Gasteiger partial charge in [-0.05, 0) is 25.1 Å². The van der Waals surface area contributed by atoms with Crippen molar-refractivity contribution < 1.29 is 5.11 Å². The van der Waals surface area contributed by atoms with E-state index in [0.717, 1.165) is 48.8 Å². The zero-order chi connectivity index (χ0) is 17.2. The number of aliphatic hydroxyl groups is 1. The quantitative estimate of drug-likeness (QED) is 0.781. The van der Waals surface area contributed by atoms with E-state index in [0.29, 0.717) is 5.82 Å². The summed E-state index contributed by atoms with van der Waals surface area (Å²) in [7, 11) is 0. The van der Waals surface area contributed by atoms with E-state index in [2.05, 4.69) is 24.8 Å². The zero-order valence-corrected chi connectivity index (χ0v) is 14.1. The van der Waals surface area contributed by atoms with Gasteiger partial charge in [-0.15, -0.1) is 0 Å². The average Bonchev–Trinajstić information content (AvgIpc) is 2.68. The van der Waals surface area contributed by atoms with Crippen molar-refractivity contribution in [2.45, 2.75) is 13.0 Å². The molecule has 25 heavy (non-hydrogen) atoms. The first-order valence-electron chi connectivity index (χ1n) is 8.43. The Morgan fingerprint density at radius 3 is 2.28 bits per heavy atom. The molecular formula is C18H20N6O. The van der Waals surface area contributed by atoms with Crippen LogP contribution >= 0.6 is 0 Å². The van der Waals surface area contributed by atoms with Crippen molar-refractivity contribution >= 4 is 22.7 Å². The highest BCUT2D eigenvalue weighted by molar-refractivity contribution is 5.75. The van der Waals surface area contributed by atoms with E-state index in [1.807, 2.05) is 36.5 Å². The van der Waals surface area contributed by atoms with Crippen molar-refractivity contribution in [2.75, 3.05) is 36.0 Å². The van der Waals surface area contributed by atoms with E-state index in [1.165, 1.54) is 0 Å². The molecule has 128 valence electrons. The van der Waals surface area contributed by atoms with E-state index in [9.17, 15) is 5.11 Å². The lowest BCUT2D eigenvalue weighted by molar-refractivity contribution is 0.189. The van der Waals surface area contributed by atoms with Crippen LogP contribution in [0.4, 0.5) is 11.6 Å². The average molecular weight is 336 g/mol. The Morgan fingerprint density at radius 2 is 1.56 bits per heavy atom. The number of piperazine rings is 1. The minimum Gasteiger partial charge on any atom is -0.385 e. The number of hydrogen-bond acceptors (Lipinski definition) is 7. The summed E-state index contributed by atoms with van der Waals surface area (Å²) in [5.41, 5.74) is 1.83. The number of para-hydroxylation sites is 2. The molecule has 1 saturated heterocycles. The first kappa shape index (κ1) is 15.7. The molecular weight excluding hydrogens is 316 g/mol. The van der Waals surface area contributed by atoms with Gasteiger partial charge in [-0.25, -0.2) is 15.0 Å². The molecule has 1 aliphatic rings. The molecule has 1 aliphatic heterocycles. The molecule has 1 atom stereocenters. The van der Waals surface area contributed by atoms with Crippen LogP contribution in [0.2, 0.25) is 0 Å². The highest BCUT2D eigenvalue weighted by atomic mass is 16.3. The zero-order valence-electron chi connectivity index (χ0n) is 14.1. The molecule has 4 rings (SSSR count). The van der Waals surface area contributed by atoms with Crippen LogP contribution in [-0.4, -0.2) is 51.2 Å². The number of benzene rings is 1. The van der Waals surface area contributed by atoms with Crippen molar-refractivity contribution in [2.24, 2.45) is 0 Å². The van der Waals surface area contributed by atoms with Crippen molar-refractivity contribution in [3.63, 3.8) is 0 Å². The van der Waals surface area contributed by atoms with E-state index < -0.39 is 6.10 Å². The third-order valence-electron chi connectivity index (χ3n) is 4.40. The third kappa shape index (κ3) is 3.23. The number of fused-ring (bicyclic) bond motifs is 1. The van der Waals surface area contributed by atoms with Crippen LogP contribution in [0.25, 0.3) is 11.0 Å². The van der Waals surface area contributed by atoms with Gasteiger partial charge in [0.15, 0.2) is 5.82 Å². The topological polar surface area (TPSA) is 78.3 Å². The maximum atomic E-state index is 9.66. The molecule has 0 spiro atoms. The monoisotopic (exact) mass is 336 g/mol. The predicted octanol–water partition coefficient (Wildman–Crippen LogP) is 1.80. The molecule has 0 aliphatic carbocycles. The Labute approximate surface area is 146 Å². The number of aliphatic hydroxyl groups excluding tert-OH is 1. The van der Waals surface area contributed by atoms with Crippen LogP contribution in [0, 0.1) is 0 Å². The van der Waals surface area contributed by atoms with Gasteiger partial charge in [-0.2, -0.15) is 0 Å². The summed E-state index contributed by atoms with van der Waals surface area (Å²) < 4.78 is 0. The first-order chi connectivity index (χ1) is 12.2. The van der Waals surface area contributed by atoms with Crippen LogP contribution in [0.1, 0.15) is 18.9 Å². The molecule has 3 heterocycles. The van der Waals surface area contributed by atoms with Crippen molar-refractivity contribution in [3.05, 3.63) is 48.5 Å². The molecule has 0 saturated carbocycles. The Balaban J connectivity index is 1.48.